The second-order valence-corrected chi connectivity index (χ2v) is 5.18. The van der Waals surface area contributed by atoms with Crippen LogP contribution in [-0.4, -0.2) is 31.6 Å². The molecule has 1 aromatic rings. The molecule has 0 spiro atoms. The molecule has 100 valence electrons. The number of aryl methyl sites for hydroxylation is 1. The van der Waals surface area contributed by atoms with Gasteiger partial charge in [0.1, 0.15) is 5.75 Å². The van der Waals surface area contributed by atoms with Gasteiger partial charge in [-0.1, -0.05) is 13.0 Å². The van der Waals surface area contributed by atoms with Gasteiger partial charge in [0.2, 0.25) is 0 Å². The molecule has 3 heteroatoms. The van der Waals surface area contributed by atoms with E-state index >= 15 is 0 Å². The van der Waals surface area contributed by atoms with Gasteiger partial charge in [-0.15, -0.1) is 0 Å². The average Bonchev–Trinajstić information content (AvgIpc) is 2.38. The Labute approximate surface area is 110 Å². The third-order valence-corrected chi connectivity index (χ3v) is 3.98. The quantitative estimate of drug-likeness (QED) is 0.889. The van der Waals surface area contributed by atoms with E-state index in [0.29, 0.717) is 6.04 Å². The summed E-state index contributed by atoms with van der Waals surface area (Å²) in [6.07, 6.45) is 3.41. The highest BCUT2D eigenvalue weighted by Gasteiger charge is 2.29. The smallest absolute Gasteiger partial charge is 0.119 e. The molecule has 0 radical (unpaired) electrons. The van der Waals surface area contributed by atoms with E-state index in [1.807, 2.05) is 6.07 Å². The van der Waals surface area contributed by atoms with E-state index in [-0.39, 0.29) is 6.04 Å². The predicted octanol–water partition coefficient (Wildman–Crippen LogP) is 2.35. The molecule has 2 atom stereocenters. The lowest BCUT2D eigenvalue weighted by molar-refractivity contribution is 0.192. The maximum absolute atomic E-state index is 6.43. The normalized spacial score (nSPS) is 22.9. The Morgan fingerprint density at radius 3 is 2.89 bits per heavy atom. The van der Waals surface area contributed by atoms with Crippen molar-refractivity contribution in [2.75, 3.05) is 20.7 Å². The number of hydrogen-bond acceptors (Lipinski definition) is 3. The first-order chi connectivity index (χ1) is 8.67. The zero-order valence-corrected chi connectivity index (χ0v) is 11.6. The van der Waals surface area contributed by atoms with Gasteiger partial charge < -0.3 is 15.4 Å². The van der Waals surface area contributed by atoms with Crippen LogP contribution in [0, 0.1) is 0 Å². The van der Waals surface area contributed by atoms with Crippen LogP contribution in [0.25, 0.3) is 0 Å². The first-order valence-corrected chi connectivity index (χ1v) is 6.80. The molecule has 0 amide bonds. The molecule has 18 heavy (non-hydrogen) atoms. The Hall–Kier alpha value is -1.06. The van der Waals surface area contributed by atoms with Gasteiger partial charge in [-0.25, -0.2) is 0 Å². The van der Waals surface area contributed by atoms with Crippen molar-refractivity contribution in [3.63, 3.8) is 0 Å². The summed E-state index contributed by atoms with van der Waals surface area (Å²) in [4.78, 5) is 2.40. The van der Waals surface area contributed by atoms with Crippen LogP contribution in [0.4, 0.5) is 0 Å². The second kappa shape index (κ2) is 5.72. The first-order valence-electron chi connectivity index (χ1n) is 6.80. The summed E-state index contributed by atoms with van der Waals surface area (Å²) in [5.41, 5.74) is 9.07. The van der Waals surface area contributed by atoms with Crippen LogP contribution >= 0.6 is 0 Å². The summed E-state index contributed by atoms with van der Waals surface area (Å²) in [6.45, 7) is 3.33. The Kier molecular flexibility index (Phi) is 4.25. The predicted molar refractivity (Wildman–Crippen MR) is 75.0 cm³/mol. The topological polar surface area (TPSA) is 38.5 Å². The molecule has 2 rings (SSSR count). The van der Waals surface area contributed by atoms with E-state index in [1.165, 1.54) is 17.5 Å². The van der Waals surface area contributed by atoms with Gasteiger partial charge >= 0.3 is 0 Å². The molecule has 0 saturated heterocycles. The number of rotatable bonds is 4. The lowest BCUT2D eigenvalue weighted by atomic mass is 9.83. The lowest BCUT2D eigenvalue weighted by Gasteiger charge is -2.37. The van der Waals surface area contributed by atoms with Crippen LogP contribution in [0.15, 0.2) is 18.2 Å². The van der Waals surface area contributed by atoms with Gasteiger partial charge in [0.15, 0.2) is 0 Å². The van der Waals surface area contributed by atoms with Crippen molar-refractivity contribution in [1.82, 2.24) is 4.90 Å². The highest BCUT2D eigenvalue weighted by Crippen LogP contribution is 2.33. The van der Waals surface area contributed by atoms with Gasteiger partial charge in [-0.05, 0) is 56.1 Å². The van der Waals surface area contributed by atoms with Gasteiger partial charge in [0, 0.05) is 12.1 Å². The zero-order chi connectivity index (χ0) is 13.1. The Morgan fingerprint density at radius 1 is 1.44 bits per heavy atom. The zero-order valence-electron chi connectivity index (χ0n) is 11.6. The van der Waals surface area contributed by atoms with Crippen molar-refractivity contribution in [1.29, 1.82) is 0 Å². The Bertz CT molecular complexity index is 405. The third-order valence-electron chi connectivity index (χ3n) is 3.98. The van der Waals surface area contributed by atoms with Crippen molar-refractivity contribution < 1.29 is 4.74 Å². The molecular weight excluding hydrogens is 224 g/mol. The van der Waals surface area contributed by atoms with Gasteiger partial charge in [0.05, 0.1) is 7.11 Å². The van der Waals surface area contributed by atoms with E-state index < -0.39 is 0 Å². The van der Waals surface area contributed by atoms with Crippen molar-refractivity contribution in [3.05, 3.63) is 29.3 Å². The molecule has 1 aromatic carbocycles. The summed E-state index contributed by atoms with van der Waals surface area (Å²) in [7, 11) is 3.89. The minimum Gasteiger partial charge on any atom is -0.497 e. The number of fused-ring (bicyclic) bond motifs is 1. The molecule has 0 aliphatic heterocycles. The summed E-state index contributed by atoms with van der Waals surface area (Å²) in [6, 6.07) is 6.86. The molecular formula is C15H24N2O. The second-order valence-electron chi connectivity index (χ2n) is 5.18. The molecule has 2 N–H and O–H groups in total. The van der Waals surface area contributed by atoms with Crippen LogP contribution in [0.5, 0.6) is 5.75 Å². The Balaban J connectivity index is 2.20. The van der Waals surface area contributed by atoms with Crippen LogP contribution in [0.1, 0.15) is 36.9 Å². The van der Waals surface area contributed by atoms with E-state index in [4.69, 9.17) is 10.5 Å². The summed E-state index contributed by atoms with van der Waals surface area (Å²) >= 11 is 0. The fourth-order valence-electron chi connectivity index (χ4n) is 2.95. The minimum atomic E-state index is 0.121. The number of benzene rings is 1. The SMILES string of the molecule is CCCN(C)C1CCc2cc(OC)ccc2C1N. The maximum Gasteiger partial charge on any atom is 0.119 e. The van der Waals surface area contributed by atoms with Crippen LogP contribution in [0.2, 0.25) is 0 Å². The highest BCUT2D eigenvalue weighted by atomic mass is 16.5. The summed E-state index contributed by atoms with van der Waals surface area (Å²) < 4.78 is 5.28. The van der Waals surface area contributed by atoms with E-state index in [1.54, 1.807) is 7.11 Å². The highest BCUT2D eigenvalue weighted by molar-refractivity contribution is 5.40. The molecule has 0 fully saturated rings. The number of nitrogens with zero attached hydrogens (tertiary/aromatic N) is 1. The first kappa shape index (κ1) is 13.4. The largest absolute Gasteiger partial charge is 0.497 e. The standard InChI is InChI=1S/C15H24N2O/c1-4-9-17(2)14-8-5-11-10-12(18-3)6-7-13(11)15(14)16/h6-7,10,14-15H,4-5,8-9,16H2,1-3H3. The lowest BCUT2D eigenvalue weighted by Crippen LogP contribution is -2.43. The molecule has 3 nitrogen and oxygen atoms in total. The number of hydrogen-bond donors (Lipinski definition) is 1. The van der Waals surface area contributed by atoms with Crippen LogP contribution in [0.3, 0.4) is 0 Å². The van der Waals surface area contributed by atoms with Crippen molar-refractivity contribution in [3.8, 4) is 5.75 Å². The number of ether oxygens (including phenoxy) is 1. The monoisotopic (exact) mass is 248 g/mol. The van der Waals surface area contributed by atoms with Crippen molar-refractivity contribution in [2.45, 2.75) is 38.3 Å². The van der Waals surface area contributed by atoms with Crippen LogP contribution < -0.4 is 10.5 Å². The van der Waals surface area contributed by atoms with Gasteiger partial charge in [-0.3, -0.25) is 0 Å². The number of methoxy groups -OCH3 is 1. The van der Waals surface area contributed by atoms with E-state index in [0.717, 1.165) is 25.1 Å². The van der Waals surface area contributed by atoms with E-state index in [9.17, 15) is 0 Å². The van der Waals surface area contributed by atoms with E-state index in [2.05, 4.69) is 31.0 Å². The van der Waals surface area contributed by atoms with Gasteiger partial charge in [0.25, 0.3) is 0 Å². The molecule has 1 aliphatic carbocycles. The number of likely N-dealkylation sites (N-methyl/N-ethyl adjacent to an activating group) is 1. The van der Waals surface area contributed by atoms with Crippen molar-refractivity contribution >= 4 is 0 Å². The average molecular weight is 248 g/mol. The molecule has 0 saturated carbocycles. The molecule has 0 heterocycles. The summed E-state index contributed by atoms with van der Waals surface area (Å²) in [5, 5.41) is 0. The third kappa shape index (κ3) is 2.52. The fraction of sp³-hybridized carbons (Fsp3) is 0.600. The maximum atomic E-state index is 6.43. The fourth-order valence-corrected chi connectivity index (χ4v) is 2.95. The molecule has 0 bridgehead atoms. The Morgan fingerprint density at radius 2 is 2.22 bits per heavy atom. The molecule has 1 aliphatic rings. The molecule has 0 aromatic heterocycles. The molecule has 2 unspecified atom stereocenters. The minimum absolute atomic E-state index is 0.121. The van der Waals surface area contributed by atoms with Crippen LogP contribution in [-0.2, 0) is 6.42 Å². The van der Waals surface area contributed by atoms with Crippen molar-refractivity contribution in [2.24, 2.45) is 5.73 Å². The number of nitrogens with two attached hydrogens (primary N) is 1. The van der Waals surface area contributed by atoms with Gasteiger partial charge in [-0.2, -0.15) is 0 Å². The summed E-state index contributed by atoms with van der Waals surface area (Å²) in [5.74, 6) is 0.932.